The van der Waals surface area contributed by atoms with Gasteiger partial charge < -0.3 is 10.2 Å². The van der Waals surface area contributed by atoms with Crippen molar-refractivity contribution >= 4 is 18.3 Å². The van der Waals surface area contributed by atoms with Gasteiger partial charge in [-0.25, -0.2) is 0 Å². The molecular formula is C19H33ClN2O. The van der Waals surface area contributed by atoms with Crippen LogP contribution in [-0.4, -0.2) is 37.0 Å². The van der Waals surface area contributed by atoms with Crippen molar-refractivity contribution in [2.45, 2.75) is 64.2 Å². The number of hydrogen-bond donors (Lipinski definition) is 1. The highest BCUT2D eigenvalue weighted by Gasteiger charge is 2.43. The fourth-order valence-corrected chi connectivity index (χ4v) is 5.84. The zero-order chi connectivity index (χ0) is 15.0. The van der Waals surface area contributed by atoms with Gasteiger partial charge in [-0.2, -0.15) is 0 Å². The second-order valence-electron chi connectivity index (χ2n) is 8.57. The maximum atomic E-state index is 13.0. The van der Waals surface area contributed by atoms with Crippen LogP contribution < -0.4 is 5.32 Å². The van der Waals surface area contributed by atoms with Crippen LogP contribution in [0.1, 0.15) is 64.2 Å². The lowest BCUT2D eigenvalue weighted by Crippen LogP contribution is -2.42. The van der Waals surface area contributed by atoms with E-state index >= 15 is 0 Å². The second kappa shape index (κ2) is 7.31. The number of likely N-dealkylation sites (tertiary alicyclic amines) is 1. The molecule has 3 atom stereocenters. The Morgan fingerprint density at radius 3 is 2.48 bits per heavy atom. The smallest absolute Gasteiger partial charge is 0.225 e. The van der Waals surface area contributed by atoms with Crippen LogP contribution in [0.15, 0.2) is 0 Å². The number of fused-ring (bicyclic) bond motifs is 1. The average Bonchev–Trinajstić information content (AvgIpc) is 2.98. The summed E-state index contributed by atoms with van der Waals surface area (Å²) in [6.07, 6.45) is 13.2. The van der Waals surface area contributed by atoms with E-state index in [0.29, 0.717) is 17.2 Å². The zero-order valence-corrected chi connectivity index (χ0v) is 15.2. The number of hydrogen-bond acceptors (Lipinski definition) is 2. The number of nitrogens with one attached hydrogen (secondary N) is 1. The average molecular weight is 341 g/mol. The largest absolute Gasteiger partial charge is 0.342 e. The van der Waals surface area contributed by atoms with Gasteiger partial charge in [-0.3, -0.25) is 4.79 Å². The highest BCUT2D eigenvalue weighted by molar-refractivity contribution is 5.85. The molecule has 0 radical (unpaired) electrons. The lowest BCUT2D eigenvalue weighted by atomic mass is 9.67. The van der Waals surface area contributed by atoms with Gasteiger partial charge in [0, 0.05) is 19.0 Å². The molecule has 0 aromatic rings. The first-order valence-electron chi connectivity index (χ1n) is 9.75. The third-order valence-electron chi connectivity index (χ3n) is 7.30. The number of carbonyl (C=O) groups excluding carboxylic acids is 1. The molecule has 23 heavy (non-hydrogen) atoms. The Kier molecular flexibility index (Phi) is 5.57. The van der Waals surface area contributed by atoms with E-state index < -0.39 is 0 Å². The maximum absolute atomic E-state index is 13.0. The van der Waals surface area contributed by atoms with E-state index in [9.17, 15) is 4.79 Å². The van der Waals surface area contributed by atoms with Crippen LogP contribution in [0.5, 0.6) is 0 Å². The minimum atomic E-state index is 0. The molecule has 1 spiro atoms. The summed E-state index contributed by atoms with van der Waals surface area (Å²) in [5.74, 6) is 2.69. The van der Waals surface area contributed by atoms with Crippen molar-refractivity contribution in [2.75, 3.05) is 26.2 Å². The van der Waals surface area contributed by atoms with Crippen LogP contribution >= 0.6 is 12.4 Å². The van der Waals surface area contributed by atoms with Gasteiger partial charge in [-0.15, -0.1) is 12.4 Å². The van der Waals surface area contributed by atoms with E-state index in [-0.39, 0.29) is 12.4 Å². The SMILES string of the molecule is Cl.O=C(C1CCC2CCCCC2C1)N1CCC2(CCNCC2)C1. The van der Waals surface area contributed by atoms with Crippen molar-refractivity contribution in [2.24, 2.45) is 23.2 Å². The van der Waals surface area contributed by atoms with Crippen molar-refractivity contribution in [3.05, 3.63) is 0 Å². The Hall–Kier alpha value is -0.280. The van der Waals surface area contributed by atoms with Crippen LogP contribution in [0.3, 0.4) is 0 Å². The van der Waals surface area contributed by atoms with Crippen LogP contribution in [0, 0.1) is 23.2 Å². The number of carbonyl (C=O) groups is 1. The number of halogens is 1. The quantitative estimate of drug-likeness (QED) is 0.790. The highest BCUT2D eigenvalue weighted by Crippen LogP contribution is 2.44. The third kappa shape index (κ3) is 3.56. The van der Waals surface area contributed by atoms with Gasteiger partial charge in [0.25, 0.3) is 0 Å². The molecule has 4 heteroatoms. The fraction of sp³-hybridized carbons (Fsp3) is 0.947. The van der Waals surface area contributed by atoms with E-state index in [2.05, 4.69) is 10.2 Å². The summed E-state index contributed by atoms with van der Waals surface area (Å²) in [6, 6.07) is 0. The Labute approximate surface area is 147 Å². The van der Waals surface area contributed by atoms with E-state index in [1.807, 2.05) is 0 Å². The molecule has 0 aromatic carbocycles. The minimum absolute atomic E-state index is 0. The van der Waals surface area contributed by atoms with Gasteiger partial charge in [0.2, 0.25) is 5.91 Å². The van der Waals surface area contributed by atoms with Gasteiger partial charge in [0.1, 0.15) is 0 Å². The standard InChI is InChI=1S/C19H32N2O.ClH/c22-18(17-6-5-15-3-1-2-4-16(15)13-17)21-12-9-19(14-21)7-10-20-11-8-19;/h15-17,20H,1-14H2;1H. The molecule has 2 saturated heterocycles. The molecule has 4 rings (SSSR count). The van der Waals surface area contributed by atoms with Gasteiger partial charge in [-0.05, 0) is 68.9 Å². The second-order valence-corrected chi connectivity index (χ2v) is 8.57. The normalized spacial score (nSPS) is 36.3. The molecule has 4 aliphatic rings. The van der Waals surface area contributed by atoms with Crippen molar-refractivity contribution in [1.29, 1.82) is 0 Å². The summed E-state index contributed by atoms with van der Waals surface area (Å²) in [7, 11) is 0. The van der Waals surface area contributed by atoms with Gasteiger partial charge >= 0.3 is 0 Å². The molecule has 4 fully saturated rings. The van der Waals surface area contributed by atoms with Crippen molar-refractivity contribution in [3.8, 4) is 0 Å². The Morgan fingerprint density at radius 1 is 0.957 bits per heavy atom. The zero-order valence-electron chi connectivity index (χ0n) is 14.4. The molecule has 2 aliphatic carbocycles. The van der Waals surface area contributed by atoms with Crippen molar-refractivity contribution < 1.29 is 4.79 Å². The molecule has 2 saturated carbocycles. The first-order valence-corrected chi connectivity index (χ1v) is 9.75. The lowest BCUT2D eigenvalue weighted by Gasteiger charge is -2.40. The number of rotatable bonds is 1. The molecular weight excluding hydrogens is 308 g/mol. The van der Waals surface area contributed by atoms with Crippen LogP contribution in [0.25, 0.3) is 0 Å². The van der Waals surface area contributed by atoms with E-state index in [1.165, 1.54) is 64.2 Å². The van der Waals surface area contributed by atoms with Gasteiger partial charge in [0.15, 0.2) is 0 Å². The molecule has 2 heterocycles. The number of amides is 1. The number of nitrogens with zero attached hydrogens (tertiary/aromatic N) is 1. The monoisotopic (exact) mass is 340 g/mol. The molecule has 3 unspecified atom stereocenters. The van der Waals surface area contributed by atoms with Crippen LogP contribution in [0.2, 0.25) is 0 Å². The molecule has 2 aliphatic heterocycles. The predicted octanol–water partition coefficient (Wildman–Crippen LogP) is 3.62. The Bertz CT molecular complexity index is 416. The summed E-state index contributed by atoms with van der Waals surface area (Å²) in [5.41, 5.74) is 0.461. The summed E-state index contributed by atoms with van der Waals surface area (Å²) in [4.78, 5) is 15.3. The topological polar surface area (TPSA) is 32.3 Å². The number of piperidine rings is 1. The Morgan fingerprint density at radius 2 is 1.70 bits per heavy atom. The van der Waals surface area contributed by atoms with E-state index in [0.717, 1.165) is 38.0 Å². The van der Waals surface area contributed by atoms with E-state index in [1.54, 1.807) is 0 Å². The summed E-state index contributed by atoms with van der Waals surface area (Å²) >= 11 is 0. The lowest BCUT2D eigenvalue weighted by molar-refractivity contribution is -0.137. The first kappa shape index (κ1) is 17.5. The van der Waals surface area contributed by atoms with Gasteiger partial charge in [-0.1, -0.05) is 25.7 Å². The van der Waals surface area contributed by atoms with Crippen LogP contribution in [-0.2, 0) is 4.79 Å². The van der Waals surface area contributed by atoms with Crippen molar-refractivity contribution in [1.82, 2.24) is 10.2 Å². The summed E-state index contributed by atoms with van der Waals surface area (Å²) in [5, 5.41) is 3.47. The maximum Gasteiger partial charge on any atom is 0.225 e. The van der Waals surface area contributed by atoms with Crippen LogP contribution in [0.4, 0.5) is 0 Å². The molecule has 1 N–H and O–H groups in total. The summed E-state index contributed by atoms with van der Waals surface area (Å²) < 4.78 is 0. The molecule has 3 nitrogen and oxygen atoms in total. The molecule has 0 bridgehead atoms. The Balaban J connectivity index is 0.00000156. The van der Waals surface area contributed by atoms with Gasteiger partial charge in [0.05, 0.1) is 0 Å². The first-order chi connectivity index (χ1) is 10.8. The fourth-order valence-electron chi connectivity index (χ4n) is 5.84. The summed E-state index contributed by atoms with van der Waals surface area (Å²) in [6.45, 7) is 4.38. The van der Waals surface area contributed by atoms with E-state index in [4.69, 9.17) is 0 Å². The molecule has 0 aromatic heterocycles. The van der Waals surface area contributed by atoms with Crippen molar-refractivity contribution in [3.63, 3.8) is 0 Å². The molecule has 1 amide bonds. The predicted molar refractivity (Wildman–Crippen MR) is 95.8 cm³/mol. The minimum Gasteiger partial charge on any atom is -0.342 e. The highest BCUT2D eigenvalue weighted by atomic mass is 35.5. The third-order valence-corrected chi connectivity index (χ3v) is 7.30. The molecule has 132 valence electrons.